The first-order chi connectivity index (χ1) is 7.20. The zero-order valence-electron chi connectivity index (χ0n) is 8.71. The third-order valence-electron chi connectivity index (χ3n) is 2.92. The topological polar surface area (TPSA) is 3.24 Å². The predicted octanol–water partition coefficient (Wildman–Crippen LogP) is 2.59. The predicted molar refractivity (Wildman–Crippen MR) is 55.5 cm³/mol. The fourth-order valence-corrected chi connectivity index (χ4v) is 1.95. The van der Waals surface area contributed by atoms with Crippen molar-refractivity contribution in [1.29, 1.82) is 0 Å². The van der Waals surface area contributed by atoms with Gasteiger partial charge in [-0.3, -0.25) is 0 Å². The lowest BCUT2D eigenvalue weighted by atomic mass is 9.98. The van der Waals surface area contributed by atoms with Crippen LogP contribution in [0.15, 0.2) is 18.2 Å². The van der Waals surface area contributed by atoms with Crippen LogP contribution in [0.3, 0.4) is 0 Å². The summed E-state index contributed by atoms with van der Waals surface area (Å²) in [6.45, 7) is 4.93. The van der Waals surface area contributed by atoms with Crippen molar-refractivity contribution < 1.29 is 8.78 Å². The van der Waals surface area contributed by atoms with Crippen molar-refractivity contribution in [2.75, 3.05) is 19.6 Å². The molecule has 2 rings (SSSR count). The lowest BCUT2D eigenvalue weighted by molar-refractivity contribution is 0.357. The van der Waals surface area contributed by atoms with E-state index in [0.717, 1.165) is 25.2 Å². The average Bonchev–Trinajstić information content (AvgIpc) is 2.70. The van der Waals surface area contributed by atoms with Crippen LogP contribution in [-0.4, -0.2) is 24.5 Å². The van der Waals surface area contributed by atoms with Gasteiger partial charge in [-0.2, -0.15) is 0 Å². The molecule has 1 nitrogen and oxygen atoms in total. The molecule has 1 atom stereocenters. The summed E-state index contributed by atoms with van der Waals surface area (Å²) < 4.78 is 25.7. The monoisotopic (exact) mass is 210 g/mol. The van der Waals surface area contributed by atoms with Crippen molar-refractivity contribution >= 4 is 0 Å². The summed E-state index contributed by atoms with van der Waals surface area (Å²) in [4.78, 5) is 2.27. The summed E-state index contributed by atoms with van der Waals surface area (Å²) in [6, 6.07) is 4.17. The molecule has 1 unspecified atom stereocenters. The first kappa shape index (κ1) is 10.6. The van der Waals surface area contributed by atoms with Gasteiger partial charge in [0.2, 0.25) is 0 Å². The Kier molecular flexibility index (Phi) is 3.00. The molecule has 1 radical (unpaired) electrons. The summed E-state index contributed by atoms with van der Waals surface area (Å²) in [6.07, 6.45) is 2.15. The number of hydrogen-bond donors (Lipinski definition) is 0. The van der Waals surface area contributed by atoms with Crippen molar-refractivity contribution in [3.63, 3.8) is 0 Å². The maximum Gasteiger partial charge on any atom is 0.159 e. The molecule has 1 aromatic carbocycles. The van der Waals surface area contributed by atoms with Crippen molar-refractivity contribution in [2.24, 2.45) is 0 Å². The van der Waals surface area contributed by atoms with E-state index in [9.17, 15) is 8.78 Å². The van der Waals surface area contributed by atoms with Gasteiger partial charge < -0.3 is 4.90 Å². The summed E-state index contributed by atoms with van der Waals surface area (Å²) in [7, 11) is 0. The molecule has 1 aromatic rings. The lowest BCUT2D eigenvalue weighted by Crippen LogP contribution is -2.19. The highest BCUT2D eigenvalue weighted by Crippen LogP contribution is 2.26. The minimum absolute atomic E-state index is 0.236. The smallest absolute Gasteiger partial charge is 0.159 e. The second kappa shape index (κ2) is 4.27. The van der Waals surface area contributed by atoms with E-state index in [2.05, 4.69) is 18.2 Å². The molecule has 0 saturated carbocycles. The summed E-state index contributed by atoms with van der Waals surface area (Å²) in [5, 5.41) is 0. The molecule has 1 aliphatic heterocycles. The summed E-state index contributed by atoms with van der Waals surface area (Å²) in [5.74, 6) is -1.29. The maximum absolute atomic E-state index is 13.0. The number of halogens is 2. The van der Waals surface area contributed by atoms with Crippen molar-refractivity contribution in [3.8, 4) is 0 Å². The van der Waals surface area contributed by atoms with Crippen molar-refractivity contribution in [3.05, 3.63) is 41.8 Å². The minimum Gasteiger partial charge on any atom is -0.303 e. The lowest BCUT2D eigenvalue weighted by Gasteiger charge is -2.13. The van der Waals surface area contributed by atoms with Gasteiger partial charge in [-0.25, -0.2) is 8.78 Å². The Bertz CT molecular complexity index is 351. The van der Waals surface area contributed by atoms with E-state index in [1.165, 1.54) is 12.1 Å². The fraction of sp³-hybridized carbons (Fsp3) is 0.417. The highest BCUT2D eigenvalue weighted by atomic mass is 19.2. The van der Waals surface area contributed by atoms with E-state index in [1.54, 1.807) is 6.07 Å². The van der Waals surface area contributed by atoms with E-state index < -0.39 is 11.6 Å². The van der Waals surface area contributed by atoms with Crippen LogP contribution in [0.5, 0.6) is 0 Å². The third kappa shape index (κ3) is 2.17. The van der Waals surface area contributed by atoms with Crippen LogP contribution in [-0.2, 0) is 0 Å². The molecule has 0 aromatic heterocycles. The Morgan fingerprint density at radius 1 is 1.33 bits per heavy atom. The Labute approximate surface area is 88.7 Å². The zero-order chi connectivity index (χ0) is 10.8. The molecular formula is C12H14F2N. The van der Waals surface area contributed by atoms with E-state index in [1.807, 2.05) is 0 Å². The fourth-order valence-electron chi connectivity index (χ4n) is 1.95. The number of rotatable bonds is 2. The van der Waals surface area contributed by atoms with Crippen LogP contribution in [0, 0.1) is 18.1 Å². The van der Waals surface area contributed by atoms with Gasteiger partial charge in [0.15, 0.2) is 11.6 Å². The second-order valence-electron chi connectivity index (χ2n) is 3.87. The summed E-state index contributed by atoms with van der Waals surface area (Å²) >= 11 is 0. The van der Waals surface area contributed by atoms with Crippen LogP contribution in [0.4, 0.5) is 8.78 Å². The molecule has 0 bridgehead atoms. The van der Waals surface area contributed by atoms with Gasteiger partial charge in [0, 0.05) is 19.0 Å². The minimum atomic E-state index is -0.774. The number of likely N-dealkylation sites (N-methyl/N-ethyl adjacent to an activating group) is 1. The quantitative estimate of drug-likeness (QED) is 0.725. The normalized spacial score (nSPS) is 22.2. The zero-order valence-corrected chi connectivity index (χ0v) is 8.71. The van der Waals surface area contributed by atoms with E-state index in [0.29, 0.717) is 0 Å². The molecule has 1 heterocycles. The van der Waals surface area contributed by atoms with Crippen LogP contribution >= 0.6 is 0 Å². The molecule has 0 spiro atoms. The first-order valence-corrected chi connectivity index (χ1v) is 5.21. The SMILES string of the molecule is CCN1C[CH]C(c2ccc(F)c(F)c2)C1. The number of benzene rings is 1. The van der Waals surface area contributed by atoms with Gasteiger partial charge in [0.05, 0.1) is 0 Å². The second-order valence-corrected chi connectivity index (χ2v) is 3.87. The molecule has 0 aliphatic carbocycles. The third-order valence-corrected chi connectivity index (χ3v) is 2.92. The molecule has 1 saturated heterocycles. The molecular weight excluding hydrogens is 196 g/mol. The largest absolute Gasteiger partial charge is 0.303 e. The first-order valence-electron chi connectivity index (χ1n) is 5.21. The van der Waals surface area contributed by atoms with E-state index >= 15 is 0 Å². The molecule has 15 heavy (non-hydrogen) atoms. The molecule has 0 N–H and O–H groups in total. The molecule has 1 aliphatic rings. The van der Waals surface area contributed by atoms with Crippen LogP contribution in [0.2, 0.25) is 0 Å². The molecule has 81 valence electrons. The Morgan fingerprint density at radius 3 is 2.73 bits per heavy atom. The van der Waals surface area contributed by atoms with Crippen LogP contribution in [0.1, 0.15) is 18.4 Å². The number of hydrogen-bond acceptors (Lipinski definition) is 1. The highest BCUT2D eigenvalue weighted by Gasteiger charge is 2.23. The Morgan fingerprint density at radius 2 is 2.13 bits per heavy atom. The Hall–Kier alpha value is -0.960. The van der Waals surface area contributed by atoms with Gasteiger partial charge in [-0.1, -0.05) is 13.0 Å². The highest BCUT2D eigenvalue weighted by molar-refractivity contribution is 5.26. The molecule has 3 heteroatoms. The number of nitrogens with zero attached hydrogens (tertiary/aromatic N) is 1. The molecule has 0 amide bonds. The van der Waals surface area contributed by atoms with E-state index in [-0.39, 0.29) is 5.92 Å². The standard InChI is InChI=1S/C12H14F2N/c1-2-15-6-5-10(8-15)9-3-4-11(13)12(14)7-9/h3-5,7,10H,2,6,8H2,1H3. The van der Waals surface area contributed by atoms with Gasteiger partial charge in [0.25, 0.3) is 0 Å². The average molecular weight is 210 g/mol. The maximum atomic E-state index is 13.0. The summed E-state index contributed by atoms with van der Waals surface area (Å²) in [5.41, 5.74) is 0.866. The van der Waals surface area contributed by atoms with Gasteiger partial charge in [-0.15, -0.1) is 0 Å². The van der Waals surface area contributed by atoms with Gasteiger partial charge >= 0.3 is 0 Å². The van der Waals surface area contributed by atoms with Gasteiger partial charge in [-0.05, 0) is 30.7 Å². The van der Waals surface area contributed by atoms with Crippen LogP contribution < -0.4 is 0 Å². The van der Waals surface area contributed by atoms with Crippen LogP contribution in [0.25, 0.3) is 0 Å². The van der Waals surface area contributed by atoms with Gasteiger partial charge in [0.1, 0.15) is 0 Å². The van der Waals surface area contributed by atoms with Crippen molar-refractivity contribution in [1.82, 2.24) is 4.90 Å². The van der Waals surface area contributed by atoms with E-state index in [4.69, 9.17) is 0 Å². The number of likely N-dealkylation sites (tertiary alicyclic amines) is 1. The van der Waals surface area contributed by atoms with Crippen molar-refractivity contribution in [2.45, 2.75) is 12.8 Å². The Balaban J connectivity index is 2.13. The molecule has 1 fully saturated rings.